The predicted octanol–water partition coefficient (Wildman–Crippen LogP) is 1.14. The van der Waals surface area contributed by atoms with E-state index in [4.69, 9.17) is 9.47 Å². The number of ether oxygens (including phenoxy) is 2. The Balaban J connectivity index is 2.32. The van der Waals surface area contributed by atoms with Gasteiger partial charge in [-0.1, -0.05) is 0 Å². The zero-order chi connectivity index (χ0) is 13.1. The molecule has 1 saturated heterocycles. The zero-order valence-electron chi connectivity index (χ0n) is 11.3. The SMILES string of the molecule is CNc1ncnc(N(C)C2CCOC2C)c1OC. The molecule has 18 heavy (non-hydrogen) atoms. The van der Waals surface area contributed by atoms with Gasteiger partial charge in [-0.05, 0) is 13.3 Å². The summed E-state index contributed by atoms with van der Waals surface area (Å²) in [5.41, 5.74) is 0. The summed E-state index contributed by atoms with van der Waals surface area (Å²) in [7, 11) is 5.46. The van der Waals surface area contributed by atoms with Crippen molar-refractivity contribution in [1.82, 2.24) is 9.97 Å². The molecule has 1 aromatic heterocycles. The smallest absolute Gasteiger partial charge is 0.204 e. The lowest BCUT2D eigenvalue weighted by Crippen LogP contribution is -2.37. The van der Waals surface area contributed by atoms with Crippen LogP contribution in [0.3, 0.4) is 0 Å². The molecule has 2 unspecified atom stereocenters. The fraction of sp³-hybridized carbons (Fsp3) is 0.667. The van der Waals surface area contributed by atoms with Crippen LogP contribution < -0.4 is 15.0 Å². The topological polar surface area (TPSA) is 59.5 Å². The van der Waals surface area contributed by atoms with Crippen LogP contribution in [-0.4, -0.2) is 49.9 Å². The minimum Gasteiger partial charge on any atom is -0.490 e. The molecule has 1 fully saturated rings. The summed E-state index contributed by atoms with van der Waals surface area (Å²) in [6.45, 7) is 2.88. The Kier molecular flexibility index (Phi) is 3.86. The molecule has 0 spiro atoms. The van der Waals surface area contributed by atoms with Crippen molar-refractivity contribution in [1.29, 1.82) is 0 Å². The van der Waals surface area contributed by atoms with Gasteiger partial charge in [-0.15, -0.1) is 0 Å². The van der Waals surface area contributed by atoms with Crippen LogP contribution in [0.25, 0.3) is 0 Å². The average Bonchev–Trinajstić information content (AvgIpc) is 2.83. The summed E-state index contributed by atoms with van der Waals surface area (Å²) in [5.74, 6) is 2.15. The Bertz CT molecular complexity index is 413. The molecular weight excluding hydrogens is 232 g/mol. The molecule has 0 aromatic carbocycles. The van der Waals surface area contributed by atoms with Gasteiger partial charge < -0.3 is 19.7 Å². The first-order valence-corrected chi connectivity index (χ1v) is 6.10. The van der Waals surface area contributed by atoms with Crippen LogP contribution in [0, 0.1) is 0 Å². The van der Waals surface area contributed by atoms with Gasteiger partial charge in [-0.2, -0.15) is 0 Å². The van der Waals surface area contributed by atoms with Crippen molar-refractivity contribution in [2.45, 2.75) is 25.5 Å². The molecule has 1 N–H and O–H groups in total. The molecule has 1 aliphatic heterocycles. The molecule has 0 bridgehead atoms. The predicted molar refractivity (Wildman–Crippen MR) is 70.4 cm³/mol. The maximum atomic E-state index is 5.60. The summed E-state index contributed by atoms with van der Waals surface area (Å²) in [6.07, 6.45) is 2.74. The van der Waals surface area contributed by atoms with Crippen molar-refractivity contribution in [3.05, 3.63) is 6.33 Å². The monoisotopic (exact) mass is 252 g/mol. The molecule has 2 heterocycles. The minimum absolute atomic E-state index is 0.202. The van der Waals surface area contributed by atoms with E-state index in [0.717, 1.165) is 18.8 Å². The van der Waals surface area contributed by atoms with E-state index < -0.39 is 0 Å². The number of nitrogens with zero attached hydrogens (tertiary/aromatic N) is 3. The van der Waals surface area contributed by atoms with Gasteiger partial charge >= 0.3 is 0 Å². The quantitative estimate of drug-likeness (QED) is 0.867. The number of methoxy groups -OCH3 is 1. The molecule has 1 aromatic rings. The third kappa shape index (κ3) is 2.20. The summed E-state index contributed by atoms with van der Waals surface area (Å²) in [4.78, 5) is 10.6. The highest BCUT2D eigenvalue weighted by atomic mass is 16.5. The lowest BCUT2D eigenvalue weighted by Gasteiger charge is -2.29. The van der Waals surface area contributed by atoms with Crippen LogP contribution >= 0.6 is 0 Å². The van der Waals surface area contributed by atoms with Gasteiger partial charge in [0.05, 0.1) is 19.3 Å². The normalized spacial score (nSPS) is 22.9. The van der Waals surface area contributed by atoms with Gasteiger partial charge in [0.2, 0.25) is 5.75 Å². The number of nitrogens with one attached hydrogen (secondary N) is 1. The van der Waals surface area contributed by atoms with Crippen LogP contribution in [0.4, 0.5) is 11.6 Å². The molecule has 6 heteroatoms. The van der Waals surface area contributed by atoms with E-state index in [-0.39, 0.29) is 6.10 Å². The Hall–Kier alpha value is -1.56. The fourth-order valence-electron chi connectivity index (χ4n) is 2.37. The highest BCUT2D eigenvalue weighted by molar-refractivity contribution is 5.64. The van der Waals surface area contributed by atoms with Crippen molar-refractivity contribution in [2.75, 3.05) is 38.0 Å². The molecule has 0 radical (unpaired) electrons. The molecule has 0 saturated carbocycles. The van der Waals surface area contributed by atoms with Gasteiger partial charge in [-0.3, -0.25) is 0 Å². The first-order valence-electron chi connectivity index (χ1n) is 6.10. The first kappa shape index (κ1) is 12.9. The van der Waals surface area contributed by atoms with Crippen molar-refractivity contribution < 1.29 is 9.47 Å². The van der Waals surface area contributed by atoms with Gasteiger partial charge in [-0.25, -0.2) is 9.97 Å². The second kappa shape index (κ2) is 5.39. The fourth-order valence-corrected chi connectivity index (χ4v) is 2.37. The number of likely N-dealkylation sites (N-methyl/N-ethyl adjacent to an activating group) is 1. The highest BCUT2D eigenvalue weighted by Crippen LogP contribution is 2.34. The van der Waals surface area contributed by atoms with Crippen LogP contribution in [0.1, 0.15) is 13.3 Å². The number of anilines is 2. The average molecular weight is 252 g/mol. The van der Waals surface area contributed by atoms with Crippen LogP contribution in [-0.2, 0) is 4.74 Å². The van der Waals surface area contributed by atoms with Crippen LogP contribution in [0.5, 0.6) is 5.75 Å². The summed E-state index contributed by atoms with van der Waals surface area (Å²) < 4.78 is 11.0. The van der Waals surface area contributed by atoms with E-state index in [2.05, 4.69) is 27.1 Å². The molecule has 2 atom stereocenters. The third-order valence-electron chi connectivity index (χ3n) is 3.39. The van der Waals surface area contributed by atoms with Gasteiger partial charge in [0.1, 0.15) is 6.33 Å². The number of hydrogen-bond donors (Lipinski definition) is 1. The van der Waals surface area contributed by atoms with E-state index in [1.165, 1.54) is 0 Å². The molecule has 6 nitrogen and oxygen atoms in total. The van der Waals surface area contributed by atoms with Gasteiger partial charge in [0.25, 0.3) is 0 Å². The summed E-state index contributed by atoms with van der Waals surface area (Å²) >= 11 is 0. The Morgan fingerprint density at radius 3 is 2.83 bits per heavy atom. The van der Waals surface area contributed by atoms with E-state index in [9.17, 15) is 0 Å². The van der Waals surface area contributed by atoms with E-state index in [0.29, 0.717) is 17.6 Å². The van der Waals surface area contributed by atoms with E-state index in [1.54, 1.807) is 13.4 Å². The Labute approximate surface area is 107 Å². The Morgan fingerprint density at radius 1 is 1.50 bits per heavy atom. The zero-order valence-corrected chi connectivity index (χ0v) is 11.3. The molecule has 0 amide bonds. The molecule has 0 aliphatic carbocycles. The van der Waals surface area contributed by atoms with Crippen molar-refractivity contribution in [3.63, 3.8) is 0 Å². The number of aromatic nitrogens is 2. The van der Waals surface area contributed by atoms with Gasteiger partial charge in [0.15, 0.2) is 11.6 Å². The maximum Gasteiger partial charge on any atom is 0.204 e. The van der Waals surface area contributed by atoms with Crippen LogP contribution in [0.15, 0.2) is 6.33 Å². The Morgan fingerprint density at radius 2 is 2.28 bits per heavy atom. The highest BCUT2D eigenvalue weighted by Gasteiger charge is 2.30. The number of rotatable bonds is 4. The van der Waals surface area contributed by atoms with E-state index >= 15 is 0 Å². The second-order valence-electron chi connectivity index (χ2n) is 4.37. The summed E-state index contributed by atoms with van der Waals surface area (Å²) in [6, 6.07) is 0.318. The third-order valence-corrected chi connectivity index (χ3v) is 3.39. The van der Waals surface area contributed by atoms with Crippen LogP contribution in [0.2, 0.25) is 0 Å². The van der Waals surface area contributed by atoms with Crippen molar-refractivity contribution in [3.8, 4) is 5.75 Å². The molecule has 2 rings (SSSR count). The lowest BCUT2D eigenvalue weighted by atomic mass is 10.1. The largest absolute Gasteiger partial charge is 0.490 e. The minimum atomic E-state index is 0.202. The van der Waals surface area contributed by atoms with Crippen molar-refractivity contribution in [2.24, 2.45) is 0 Å². The maximum absolute atomic E-state index is 5.60. The first-order chi connectivity index (χ1) is 8.69. The summed E-state index contributed by atoms with van der Waals surface area (Å²) in [5, 5.41) is 3.01. The van der Waals surface area contributed by atoms with Crippen molar-refractivity contribution >= 4 is 11.6 Å². The molecule has 100 valence electrons. The standard InChI is InChI=1S/C12H20N4O2/c1-8-9(5-6-18-8)16(3)12-10(17-4)11(13-2)14-7-15-12/h7-9H,5-6H2,1-4H3,(H,13,14,15). The lowest BCUT2D eigenvalue weighted by molar-refractivity contribution is 0.118. The second-order valence-corrected chi connectivity index (χ2v) is 4.37. The van der Waals surface area contributed by atoms with Gasteiger partial charge in [0, 0.05) is 20.7 Å². The molecular formula is C12H20N4O2. The van der Waals surface area contributed by atoms with E-state index in [1.807, 2.05) is 14.1 Å². The number of hydrogen-bond acceptors (Lipinski definition) is 6. The molecule has 1 aliphatic rings.